The van der Waals surface area contributed by atoms with Gasteiger partial charge in [0, 0.05) is 31.4 Å². The lowest BCUT2D eigenvalue weighted by molar-refractivity contribution is -0.383. The molecule has 0 bridgehead atoms. The van der Waals surface area contributed by atoms with Crippen molar-refractivity contribution < 1.29 is 13.3 Å². The molecule has 1 aromatic carbocycles. The maximum Gasteiger partial charge on any atom is 0.278 e. The highest BCUT2D eigenvalue weighted by atomic mass is 32.2. The molecule has 3 rings (SSSR count). The third-order valence-corrected chi connectivity index (χ3v) is 6.21. The van der Waals surface area contributed by atoms with Gasteiger partial charge in [-0.2, -0.15) is 4.31 Å². The van der Waals surface area contributed by atoms with Gasteiger partial charge in [-0.05, 0) is 38.1 Å². The lowest BCUT2D eigenvalue weighted by Crippen LogP contribution is -2.46. The van der Waals surface area contributed by atoms with Gasteiger partial charge in [-0.25, -0.2) is 8.42 Å². The van der Waals surface area contributed by atoms with Gasteiger partial charge in [-0.1, -0.05) is 0 Å². The second-order valence-electron chi connectivity index (χ2n) is 5.73. The number of pyridine rings is 1. The van der Waals surface area contributed by atoms with Crippen LogP contribution in [0.5, 0.6) is 0 Å². The number of piperidine rings is 1. The van der Waals surface area contributed by atoms with Crippen molar-refractivity contribution in [2.75, 3.05) is 20.1 Å². The van der Waals surface area contributed by atoms with Gasteiger partial charge in [0.15, 0.2) is 0 Å². The van der Waals surface area contributed by atoms with Crippen LogP contribution in [0.25, 0.3) is 10.9 Å². The number of fused-ring (bicyclic) bond motifs is 1. The van der Waals surface area contributed by atoms with Gasteiger partial charge in [0.05, 0.1) is 15.8 Å². The number of hydrogen-bond acceptors (Lipinski definition) is 6. The molecule has 1 aromatic heterocycles. The first-order valence-corrected chi connectivity index (χ1v) is 9.08. The number of benzene rings is 1. The zero-order valence-corrected chi connectivity index (χ0v) is 14.0. The fourth-order valence-electron chi connectivity index (χ4n) is 3.03. The molecule has 2 heterocycles. The predicted octanol–water partition coefficient (Wildman–Crippen LogP) is 1.52. The van der Waals surface area contributed by atoms with Crippen molar-refractivity contribution in [2.24, 2.45) is 0 Å². The Bertz CT molecular complexity index is 884. The third kappa shape index (κ3) is 2.85. The number of nitro benzene ring substituents is 1. The SMILES string of the molecule is CNC1CCCN(S(=O)(=O)c2ccc([N+](=O)[O-])c3cccnc23)C1. The van der Waals surface area contributed by atoms with Crippen LogP contribution in [-0.4, -0.2) is 48.8 Å². The lowest BCUT2D eigenvalue weighted by atomic mass is 10.1. The third-order valence-electron chi connectivity index (χ3n) is 4.32. The van der Waals surface area contributed by atoms with Gasteiger partial charge in [0.1, 0.15) is 4.90 Å². The summed E-state index contributed by atoms with van der Waals surface area (Å²) in [6, 6.07) is 5.70. The number of sulfonamides is 1. The monoisotopic (exact) mass is 350 g/mol. The maximum atomic E-state index is 13.0. The van der Waals surface area contributed by atoms with Crippen LogP contribution in [0.4, 0.5) is 5.69 Å². The number of rotatable bonds is 4. The molecule has 1 aliphatic rings. The molecule has 2 aromatic rings. The number of hydrogen-bond donors (Lipinski definition) is 1. The number of likely N-dealkylation sites (N-methyl/N-ethyl adjacent to an activating group) is 1. The van der Waals surface area contributed by atoms with Crippen LogP contribution >= 0.6 is 0 Å². The molecule has 0 amide bonds. The van der Waals surface area contributed by atoms with Gasteiger partial charge in [0.2, 0.25) is 10.0 Å². The van der Waals surface area contributed by atoms with E-state index in [0.717, 1.165) is 12.8 Å². The van der Waals surface area contributed by atoms with E-state index >= 15 is 0 Å². The Morgan fingerprint density at radius 3 is 2.88 bits per heavy atom. The zero-order chi connectivity index (χ0) is 17.3. The van der Waals surface area contributed by atoms with E-state index in [0.29, 0.717) is 13.1 Å². The molecule has 0 saturated carbocycles. The molecule has 1 unspecified atom stereocenters. The maximum absolute atomic E-state index is 13.0. The Morgan fingerprint density at radius 2 is 2.17 bits per heavy atom. The fourth-order valence-corrected chi connectivity index (χ4v) is 4.71. The Kier molecular flexibility index (Phi) is 4.48. The topological polar surface area (TPSA) is 105 Å². The smallest absolute Gasteiger partial charge is 0.278 e. The molecular formula is C15H18N4O4S. The van der Waals surface area contributed by atoms with Crippen LogP contribution in [0.15, 0.2) is 35.4 Å². The van der Waals surface area contributed by atoms with E-state index in [1.54, 1.807) is 6.07 Å². The molecule has 0 radical (unpaired) electrons. The summed E-state index contributed by atoms with van der Waals surface area (Å²) >= 11 is 0. The highest BCUT2D eigenvalue weighted by molar-refractivity contribution is 7.89. The van der Waals surface area contributed by atoms with E-state index in [-0.39, 0.29) is 27.5 Å². The van der Waals surface area contributed by atoms with E-state index in [2.05, 4.69) is 10.3 Å². The Labute approximate surface area is 139 Å². The first-order chi connectivity index (χ1) is 11.4. The largest absolute Gasteiger partial charge is 0.316 e. The Hall–Kier alpha value is -2.10. The minimum atomic E-state index is -3.77. The molecule has 8 nitrogen and oxygen atoms in total. The second kappa shape index (κ2) is 6.42. The minimum Gasteiger partial charge on any atom is -0.316 e. The predicted molar refractivity (Wildman–Crippen MR) is 89.2 cm³/mol. The normalized spacial score (nSPS) is 19.5. The second-order valence-corrected chi connectivity index (χ2v) is 7.64. The molecule has 0 aliphatic carbocycles. The molecule has 1 fully saturated rings. The van der Waals surface area contributed by atoms with Gasteiger partial charge in [0.25, 0.3) is 5.69 Å². The number of nitrogens with zero attached hydrogens (tertiary/aromatic N) is 3. The van der Waals surface area contributed by atoms with Crippen molar-refractivity contribution in [1.82, 2.24) is 14.6 Å². The fraction of sp³-hybridized carbons (Fsp3) is 0.400. The summed E-state index contributed by atoms with van der Waals surface area (Å²) < 4.78 is 27.5. The van der Waals surface area contributed by atoms with Crippen LogP contribution in [0.3, 0.4) is 0 Å². The number of non-ortho nitro benzene ring substituents is 1. The first kappa shape index (κ1) is 16.7. The average molecular weight is 350 g/mol. The summed E-state index contributed by atoms with van der Waals surface area (Å²) in [6.07, 6.45) is 3.13. The van der Waals surface area contributed by atoms with E-state index in [9.17, 15) is 18.5 Å². The van der Waals surface area contributed by atoms with Crippen LogP contribution < -0.4 is 5.32 Å². The number of nitro groups is 1. The number of nitrogens with one attached hydrogen (secondary N) is 1. The van der Waals surface area contributed by atoms with Gasteiger partial charge < -0.3 is 5.32 Å². The number of aromatic nitrogens is 1. The van der Waals surface area contributed by atoms with E-state index in [1.165, 1.54) is 28.7 Å². The van der Waals surface area contributed by atoms with Crippen LogP contribution in [0.1, 0.15) is 12.8 Å². The van der Waals surface area contributed by atoms with E-state index in [1.807, 2.05) is 7.05 Å². The van der Waals surface area contributed by atoms with E-state index in [4.69, 9.17) is 0 Å². The standard InChI is InChI=1S/C15H18N4O4S/c1-16-11-4-3-9-18(10-11)24(22,23)14-7-6-13(19(20)21)12-5-2-8-17-15(12)14/h2,5-8,11,16H,3-4,9-10H2,1H3. The molecule has 1 aliphatic heterocycles. The van der Waals surface area contributed by atoms with Gasteiger partial charge in [-0.15, -0.1) is 0 Å². The summed E-state index contributed by atoms with van der Waals surface area (Å²) in [5.41, 5.74) is -0.0120. The van der Waals surface area contributed by atoms with Crippen molar-refractivity contribution in [3.05, 3.63) is 40.6 Å². The molecule has 9 heteroatoms. The molecule has 24 heavy (non-hydrogen) atoms. The van der Waals surface area contributed by atoms with Crippen molar-refractivity contribution in [2.45, 2.75) is 23.8 Å². The lowest BCUT2D eigenvalue weighted by Gasteiger charge is -2.31. The Morgan fingerprint density at radius 1 is 1.38 bits per heavy atom. The van der Waals surface area contributed by atoms with Crippen LogP contribution in [0, 0.1) is 10.1 Å². The molecule has 1 atom stereocenters. The van der Waals surface area contributed by atoms with E-state index < -0.39 is 14.9 Å². The molecular weight excluding hydrogens is 332 g/mol. The highest BCUT2D eigenvalue weighted by Crippen LogP contribution is 2.31. The van der Waals surface area contributed by atoms with Crippen molar-refractivity contribution in [1.29, 1.82) is 0 Å². The average Bonchev–Trinajstić information content (AvgIpc) is 2.60. The molecule has 128 valence electrons. The van der Waals surface area contributed by atoms with Crippen molar-refractivity contribution in [3.63, 3.8) is 0 Å². The molecule has 0 spiro atoms. The summed E-state index contributed by atoms with van der Waals surface area (Å²) in [6.45, 7) is 0.815. The van der Waals surface area contributed by atoms with Crippen molar-refractivity contribution in [3.8, 4) is 0 Å². The van der Waals surface area contributed by atoms with Crippen molar-refractivity contribution >= 4 is 26.6 Å². The summed E-state index contributed by atoms with van der Waals surface area (Å²) in [5.74, 6) is 0. The zero-order valence-electron chi connectivity index (χ0n) is 13.2. The summed E-state index contributed by atoms with van der Waals surface area (Å²) in [4.78, 5) is 14.8. The minimum absolute atomic E-state index is 0.0143. The quantitative estimate of drug-likeness (QED) is 0.662. The molecule has 1 saturated heterocycles. The van der Waals surface area contributed by atoms with Gasteiger partial charge in [-0.3, -0.25) is 15.1 Å². The van der Waals surface area contributed by atoms with Gasteiger partial charge >= 0.3 is 0 Å². The Balaban J connectivity index is 2.12. The summed E-state index contributed by atoms with van der Waals surface area (Å²) in [7, 11) is -1.96. The highest BCUT2D eigenvalue weighted by Gasteiger charge is 2.32. The first-order valence-electron chi connectivity index (χ1n) is 7.64. The molecule has 1 N–H and O–H groups in total. The van der Waals surface area contributed by atoms with Crippen LogP contribution in [0.2, 0.25) is 0 Å². The van der Waals surface area contributed by atoms with Crippen LogP contribution in [-0.2, 0) is 10.0 Å². The summed E-state index contributed by atoms with van der Waals surface area (Å²) in [5, 5.41) is 14.5.